The fourth-order valence-electron chi connectivity index (χ4n) is 10.7. The second-order valence-electron chi connectivity index (χ2n) is 20.3. The number of cyclic esters (lactones) is 1. The number of esters is 1. The van der Waals surface area contributed by atoms with E-state index in [-0.39, 0.29) is 60.9 Å². The molecule has 5 rings (SSSR count). The van der Waals surface area contributed by atoms with E-state index in [0.717, 1.165) is 18.4 Å². The third-order valence-electron chi connectivity index (χ3n) is 15.1. The summed E-state index contributed by atoms with van der Waals surface area (Å²) < 4.78 is 29.9. The van der Waals surface area contributed by atoms with Gasteiger partial charge in [0.25, 0.3) is 11.7 Å². The number of hydrogen-bond donors (Lipinski definition) is 2. The van der Waals surface area contributed by atoms with Crippen LogP contribution >= 0.6 is 0 Å². The summed E-state index contributed by atoms with van der Waals surface area (Å²) in [5.74, 6) is -7.94. The van der Waals surface area contributed by atoms with E-state index in [2.05, 4.69) is 15.4 Å². The second kappa shape index (κ2) is 25.7. The molecule has 2 bridgehead atoms. The molecule has 1 aliphatic carbocycles. The van der Waals surface area contributed by atoms with Gasteiger partial charge in [-0.1, -0.05) is 71.1 Å². The maximum absolute atomic E-state index is 14.5. The fourth-order valence-corrected chi connectivity index (χ4v) is 10.7. The quantitative estimate of drug-likeness (QED) is 0.181. The van der Waals surface area contributed by atoms with Crippen LogP contribution < -0.4 is 0 Å². The summed E-state index contributed by atoms with van der Waals surface area (Å²) in [6.07, 6.45) is 13.7. The number of tetrazole rings is 1. The third kappa shape index (κ3) is 14.2. The Morgan fingerprint density at radius 3 is 2.32 bits per heavy atom. The van der Waals surface area contributed by atoms with Crippen molar-refractivity contribution >= 4 is 29.2 Å². The number of nitrogens with zero attached hydrogens (tertiary/aromatic N) is 5. The molecule has 3 fully saturated rings. The predicted molar refractivity (Wildman–Crippen MR) is 256 cm³/mol. The fraction of sp³-hybridized carbons (Fsp3) is 0.731. The Bertz CT molecular complexity index is 2020. The first-order valence-electron chi connectivity index (χ1n) is 25.0. The SMILES string of the molecule is CO[C@H]1C[C@@H]2CC[C@@H](C)[C@@](O)(O2)C(=O)C(=O)N2CCCC[C@H]2C(=O)O[C@H]([C@H](C)CC2CC[C@H](n3ncnn3)[C@H](OC)C2)CC(=O)[C@H](C)/C=C(\C)[C@@H](O)[C@@H](OC)C(=O)[C@@H](C)C[C@H](C)/C=C/C=C/C=C/1C. The van der Waals surface area contributed by atoms with E-state index in [1.807, 2.05) is 58.1 Å². The Kier molecular flexibility index (Phi) is 20.8. The number of carbonyl (C=O) groups is 5. The van der Waals surface area contributed by atoms with Crippen molar-refractivity contribution in [1.82, 2.24) is 25.1 Å². The lowest BCUT2D eigenvalue weighted by atomic mass is 9.77. The predicted octanol–water partition coefficient (Wildman–Crippen LogP) is 6.05. The van der Waals surface area contributed by atoms with Gasteiger partial charge in [-0.25, -0.2) is 4.79 Å². The maximum Gasteiger partial charge on any atom is 0.329 e. The molecule has 384 valence electrons. The summed E-state index contributed by atoms with van der Waals surface area (Å²) in [7, 11) is 4.61. The average Bonchev–Trinajstić information content (AvgIpc) is 3.88. The summed E-state index contributed by atoms with van der Waals surface area (Å²) in [4.78, 5) is 73.9. The summed E-state index contributed by atoms with van der Waals surface area (Å²) in [5.41, 5.74) is 1.27. The molecule has 15 atom stereocenters. The number of aliphatic hydroxyl groups is 2. The number of allylic oxidation sites excluding steroid dienone is 6. The standard InChI is InChI=1S/C52H79N5O12/c1-31-16-12-11-13-17-32(2)43(65-8)28-39-21-19-37(7)52(64,69-39)49(61)50(62)56-23-15-14-18-41(56)51(63)68-44(34(4)26-38-20-22-40(45(27-38)66-9)57-54-30-53-55-57)29-42(58)33(3)25-36(6)47(60)48(67-10)46(59)35(5)24-31/h11-13,16-17,25,30-31,33-35,37-41,43-45,47-48,60,64H,14-15,18-24,26-29H2,1-10H3/b13-11+,16-12+,32-17+,36-25+/t31-,33-,34-,35+,37-,38?,39+,40+,41+,43+,44+,45-,47-,48+,52-/m1/s1. The van der Waals surface area contributed by atoms with Gasteiger partial charge in [-0.3, -0.25) is 19.2 Å². The number of hydrogen-bond acceptors (Lipinski definition) is 15. The number of methoxy groups -OCH3 is 3. The maximum atomic E-state index is 14.5. The summed E-state index contributed by atoms with van der Waals surface area (Å²) >= 11 is 0. The average molecular weight is 966 g/mol. The number of aliphatic hydroxyl groups excluding tert-OH is 1. The highest BCUT2D eigenvalue weighted by Crippen LogP contribution is 2.39. The molecule has 69 heavy (non-hydrogen) atoms. The van der Waals surface area contributed by atoms with Crippen molar-refractivity contribution < 1.29 is 57.9 Å². The Morgan fingerprint density at radius 1 is 0.884 bits per heavy atom. The van der Waals surface area contributed by atoms with Crippen LogP contribution in [0, 0.1) is 35.5 Å². The number of aromatic nitrogens is 4. The molecule has 1 unspecified atom stereocenters. The molecular formula is C52H79N5O12. The molecule has 1 aromatic rings. The first-order chi connectivity index (χ1) is 32.8. The van der Waals surface area contributed by atoms with Gasteiger partial charge in [-0.05, 0) is 112 Å². The zero-order chi connectivity index (χ0) is 50.6. The number of ketones is 3. The number of ether oxygens (including phenoxy) is 5. The lowest BCUT2D eigenvalue weighted by Crippen LogP contribution is -2.61. The van der Waals surface area contributed by atoms with Crippen molar-refractivity contribution in [2.45, 2.75) is 180 Å². The van der Waals surface area contributed by atoms with Crippen LogP contribution in [0.1, 0.15) is 132 Å². The van der Waals surface area contributed by atoms with Gasteiger partial charge in [0.05, 0.1) is 24.4 Å². The minimum atomic E-state index is -2.43. The van der Waals surface area contributed by atoms with Crippen LogP contribution in [0.15, 0.2) is 53.9 Å². The Morgan fingerprint density at radius 2 is 1.64 bits per heavy atom. The lowest BCUT2D eigenvalue weighted by molar-refractivity contribution is -0.265. The van der Waals surface area contributed by atoms with Gasteiger partial charge in [-0.2, -0.15) is 4.80 Å². The largest absolute Gasteiger partial charge is 0.460 e. The first-order valence-corrected chi connectivity index (χ1v) is 25.0. The summed E-state index contributed by atoms with van der Waals surface area (Å²) in [5, 5.41) is 35.7. The number of rotatable bonds is 7. The van der Waals surface area contributed by atoms with E-state index in [9.17, 15) is 34.2 Å². The van der Waals surface area contributed by atoms with E-state index in [4.69, 9.17) is 23.7 Å². The van der Waals surface area contributed by atoms with Crippen LogP contribution in [0.25, 0.3) is 0 Å². The molecule has 0 aromatic carbocycles. The molecule has 1 amide bonds. The smallest absolute Gasteiger partial charge is 0.329 e. The number of carbonyl (C=O) groups excluding carboxylic acids is 5. The number of Topliss-reactive ketones (excluding diaryl/α,β-unsaturated/α-hetero) is 3. The van der Waals surface area contributed by atoms with E-state index in [0.29, 0.717) is 56.9 Å². The molecule has 1 aromatic heterocycles. The van der Waals surface area contributed by atoms with Crippen molar-refractivity contribution in [3.63, 3.8) is 0 Å². The van der Waals surface area contributed by atoms with E-state index >= 15 is 0 Å². The van der Waals surface area contributed by atoms with Crippen molar-refractivity contribution in [3.8, 4) is 0 Å². The normalized spacial score (nSPS) is 38.8. The number of fused-ring (bicyclic) bond motifs is 3. The van der Waals surface area contributed by atoms with Gasteiger partial charge in [0.1, 0.15) is 30.1 Å². The van der Waals surface area contributed by atoms with Crippen molar-refractivity contribution in [2.75, 3.05) is 27.9 Å². The van der Waals surface area contributed by atoms with Gasteiger partial charge in [0.15, 0.2) is 12.1 Å². The summed E-state index contributed by atoms with van der Waals surface area (Å²) in [6.45, 7) is 12.8. The molecule has 17 heteroatoms. The molecule has 2 N–H and O–H groups in total. The van der Waals surface area contributed by atoms with E-state index in [1.54, 1.807) is 45.9 Å². The van der Waals surface area contributed by atoms with Crippen LogP contribution in [0.2, 0.25) is 0 Å². The minimum Gasteiger partial charge on any atom is -0.460 e. The van der Waals surface area contributed by atoms with Crippen LogP contribution in [0.4, 0.5) is 0 Å². The molecule has 0 spiro atoms. The number of piperidine rings is 1. The van der Waals surface area contributed by atoms with Crippen LogP contribution in [-0.2, 0) is 47.7 Å². The first kappa shape index (κ1) is 55.7. The second-order valence-corrected chi connectivity index (χ2v) is 20.3. The van der Waals surface area contributed by atoms with Gasteiger partial charge in [0.2, 0.25) is 5.79 Å². The molecular weight excluding hydrogens is 887 g/mol. The van der Waals surface area contributed by atoms with E-state index in [1.165, 1.54) is 18.3 Å². The Hall–Kier alpha value is -4.26. The molecule has 17 nitrogen and oxygen atoms in total. The van der Waals surface area contributed by atoms with E-state index < -0.39 is 77.8 Å². The molecule has 0 radical (unpaired) electrons. The third-order valence-corrected chi connectivity index (χ3v) is 15.1. The van der Waals surface area contributed by atoms with Crippen molar-refractivity contribution in [2.24, 2.45) is 35.5 Å². The zero-order valence-corrected chi connectivity index (χ0v) is 42.5. The molecule has 1 saturated carbocycles. The molecule has 4 aliphatic rings. The Balaban J connectivity index is 1.46. The Labute approximate surface area is 408 Å². The monoisotopic (exact) mass is 966 g/mol. The molecule has 2 saturated heterocycles. The topological polar surface area (TPSA) is 219 Å². The minimum absolute atomic E-state index is 0.0168. The van der Waals surface area contributed by atoms with Gasteiger partial charge in [0, 0.05) is 58.5 Å². The lowest BCUT2D eigenvalue weighted by Gasteiger charge is -2.42. The van der Waals surface area contributed by atoms with Gasteiger partial charge < -0.3 is 38.8 Å². The highest BCUT2D eigenvalue weighted by atomic mass is 16.6. The van der Waals surface area contributed by atoms with Crippen molar-refractivity contribution in [1.29, 1.82) is 0 Å². The van der Waals surface area contributed by atoms with Crippen LogP contribution in [0.5, 0.6) is 0 Å². The van der Waals surface area contributed by atoms with Gasteiger partial charge >= 0.3 is 5.97 Å². The summed E-state index contributed by atoms with van der Waals surface area (Å²) in [6, 6.07) is -1.24. The molecule has 4 heterocycles. The highest BCUT2D eigenvalue weighted by molar-refractivity contribution is 6.39. The highest BCUT2D eigenvalue weighted by Gasteiger charge is 2.53. The van der Waals surface area contributed by atoms with Gasteiger partial charge in [-0.15, -0.1) is 10.2 Å². The number of amides is 1. The zero-order valence-electron chi connectivity index (χ0n) is 42.5. The molecule has 3 aliphatic heterocycles. The van der Waals surface area contributed by atoms with Crippen molar-refractivity contribution in [3.05, 3.63) is 53.9 Å². The van der Waals surface area contributed by atoms with Crippen LogP contribution in [-0.4, -0.2) is 141 Å². The van der Waals surface area contributed by atoms with Crippen LogP contribution in [0.3, 0.4) is 0 Å².